The molecule has 0 aromatic heterocycles. The zero-order valence-corrected chi connectivity index (χ0v) is 13.3. The third-order valence-electron chi connectivity index (χ3n) is 3.53. The standard InChI is InChI=1S/C15H20BrNO3/c1-11-9-12(16)10-13(15(18)19)14(11)20-8-4-7-17-5-2-3-6-17/h9-10H,2-8H2,1H3,(H,18,19). The van der Waals surface area contributed by atoms with Crippen molar-refractivity contribution in [2.24, 2.45) is 0 Å². The fourth-order valence-corrected chi connectivity index (χ4v) is 3.12. The first kappa shape index (κ1) is 15.3. The maximum Gasteiger partial charge on any atom is 0.339 e. The number of rotatable bonds is 6. The molecule has 1 heterocycles. The van der Waals surface area contributed by atoms with Crippen LogP contribution in [0.25, 0.3) is 0 Å². The first-order chi connectivity index (χ1) is 9.58. The normalized spacial score (nSPS) is 15.5. The number of carboxylic acid groups (broad SMARTS) is 1. The number of nitrogens with zero attached hydrogens (tertiary/aromatic N) is 1. The monoisotopic (exact) mass is 341 g/mol. The van der Waals surface area contributed by atoms with E-state index in [0.29, 0.717) is 12.4 Å². The molecule has 1 aliphatic rings. The Kier molecular flexibility index (Phi) is 5.43. The maximum absolute atomic E-state index is 11.3. The number of benzene rings is 1. The smallest absolute Gasteiger partial charge is 0.339 e. The van der Waals surface area contributed by atoms with Gasteiger partial charge in [0.2, 0.25) is 0 Å². The number of aromatic carboxylic acids is 1. The lowest BCUT2D eigenvalue weighted by atomic mass is 10.1. The summed E-state index contributed by atoms with van der Waals surface area (Å²) in [6.45, 7) is 5.81. The van der Waals surface area contributed by atoms with Crippen LogP contribution in [0.5, 0.6) is 5.75 Å². The Morgan fingerprint density at radius 3 is 2.75 bits per heavy atom. The van der Waals surface area contributed by atoms with E-state index in [4.69, 9.17) is 4.74 Å². The van der Waals surface area contributed by atoms with Crippen LogP contribution in [0.3, 0.4) is 0 Å². The largest absolute Gasteiger partial charge is 0.492 e. The first-order valence-electron chi connectivity index (χ1n) is 6.96. The molecule has 20 heavy (non-hydrogen) atoms. The Hall–Kier alpha value is -1.07. The Morgan fingerprint density at radius 1 is 1.40 bits per heavy atom. The van der Waals surface area contributed by atoms with Crippen LogP contribution >= 0.6 is 15.9 Å². The van der Waals surface area contributed by atoms with Crippen LogP contribution in [0.15, 0.2) is 16.6 Å². The lowest BCUT2D eigenvalue weighted by Gasteiger charge is -2.16. The molecule has 0 unspecified atom stereocenters. The van der Waals surface area contributed by atoms with E-state index in [1.807, 2.05) is 13.0 Å². The van der Waals surface area contributed by atoms with Crippen LogP contribution in [0.2, 0.25) is 0 Å². The van der Waals surface area contributed by atoms with Gasteiger partial charge in [0.15, 0.2) is 0 Å². The van der Waals surface area contributed by atoms with Gasteiger partial charge in [0.25, 0.3) is 0 Å². The number of carbonyl (C=O) groups is 1. The third kappa shape index (κ3) is 3.96. The summed E-state index contributed by atoms with van der Waals surface area (Å²) in [5, 5.41) is 9.23. The molecule has 1 fully saturated rings. The van der Waals surface area contributed by atoms with Crippen molar-refractivity contribution in [2.45, 2.75) is 26.2 Å². The van der Waals surface area contributed by atoms with Gasteiger partial charge in [-0.1, -0.05) is 15.9 Å². The highest BCUT2D eigenvalue weighted by molar-refractivity contribution is 9.10. The summed E-state index contributed by atoms with van der Waals surface area (Å²) >= 11 is 3.32. The van der Waals surface area contributed by atoms with E-state index in [2.05, 4.69) is 20.8 Å². The van der Waals surface area contributed by atoms with E-state index < -0.39 is 5.97 Å². The molecule has 1 aliphatic heterocycles. The molecule has 2 rings (SSSR count). The van der Waals surface area contributed by atoms with Crippen molar-refractivity contribution in [3.8, 4) is 5.75 Å². The number of likely N-dealkylation sites (tertiary alicyclic amines) is 1. The van der Waals surface area contributed by atoms with Gasteiger partial charge in [-0.2, -0.15) is 0 Å². The van der Waals surface area contributed by atoms with Crippen LogP contribution in [0.1, 0.15) is 35.2 Å². The molecular weight excluding hydrogens is 322 g/mol. The molecule has 0 aliphatic carbocycles. The molecule has 1 aromatic carbocycles. The van der Waals surface area contributed by atoms with E-state index in [1.165, 1.54) is 25.9 Å². The molecular formula is C15H20BrNO3. The molecule has 1 saturated heterocycles. The number of halogens is 1. The molecule has 5 heteroatoms. The second-order valence-corrected chi connectivity index (χ2v) is 6.07. The van der Waals surface area contributed by atoms with E-state index in [1.54, 1.807) is 6.07 Å². The van der Waals surface area contributed by atoms with Crippen molar-refractivity contribution in [1.82, 2.24) is 4.90 Å². The Balaban J connectivity index is 1.92. The second kappa shape index (κ2) is 7.09. The lowest BCUT2D eigenvalue weighted by Crippen LogP contribution is -2.22. The molecule has 0 saturated carbocycles. The average Bonchev–Trinajstić information content (AvgIpc) is 2.88. The van der Waals surface area contributed by atoms with Gasteiger partial charge in [-0.15, -0.1) is 0 Å². The maximum atomic E-state index is 11.3. The summed E-state index contributed by atoms with van der Waals surface area (Å²) < 4.78 is 6.48. The fourth-order valence-electron chi connectivity index (χ4n) is 2.55. The zero-order valence-electron chi connectivity index (χ0n) is 11.7. The van der Waals surface area contributed by atoms with E-state index in [-0.39, 0.29) is 5.56 Å². The quantitative estimate of drug-likeness (QED) is 0.806. The van der Waals surface area contributed by atoms with Crippen molar-refractivity contribution in [3.05, 3.63) is 27.7 Å². The topological polar surface area (TPSA) is 49.8 Å². The highest BCUT2D eigenvalue weighted by atomic mass is 79.9. The van der Waals surface area contributed by atoms with E-state index >= 15 is 0 Å². The van der Waals surface area contributed by atoms with Crippen molar-refractivity contribution >= 4 is 21.9 Å². The molecule has 110 valence electrons. The Labute approximate surface area is 127 Å². The first-order valence-corrected chi connectivity index (χ1v) is 7.76. The summed E-state index contributed by atoms with van der Waals surface area (Å²) in [5.41, 5.74) is 1.07. The van der Waals surface area contributed by atoms with Gasteiger partial charge in [-0.25, -0.2) is 4.79 Å². The van der Waals surface area contributed by atoms with Crippen LogP contribution < -0.4 is 4.74 Å². The summed E-state index contributed by atoms with van der Waals surface area (Å²) in [6, 6.07) is 3.47. The fraction of sp³-hybridized carbons (Fsp3) is 0.533. The predicted molar refractivity (Wildman–Crippen MR) is 81.6 cm³/mol. The zero-order chi connectivity index (χ0) is 14.5. The Morgan fingerprint density at radius 2 is 2.10 bits per heavy atom. The molecule has 0 radical (unpaired) electrons. The predicted octanol–water partition coefficient (Wildman–Crippen LogP) is 3.32. The van der Waals surface area contributed by atoms with Crippen molar-refractivity contribution in [3.63, 3.8) is 0 Å². The molecule has 1 aromatic rings. The summed E-state index contributed by atoms with van der Waals surface area (Å²) in [6.07, 6.45) is 3.50. The highest BCUT2D eigenvalue weighted by Gasteiger charge is 2.16. The summed E-state index contributed by atoms with van der Waals surface area (Å²) in [7, 11) is 0. The molecule has 4 nitrogen and oxygen atoms in total. The second-order valence-electron chi connectivity index (χ2n) is 5.16. The van der Waals surface area contributed by atoms with Crippen LogP contribution in [0.4, 0.5) is 0 Å². The average molecular weight is 342 g/mol. The van der Waals surface area contributed by atoms with Gasteiger partial charge in [0.1, 0.15) is 11.3 Å². The van der Waals surface area contributed by atoms with E-state index in [9.17, 15) is 9.90 Å². The van der Waals surface area contributed by atoms with Crippen molar-refractivity contribution in [1.29, 1.82) is 0 Å². The lowest BCUT2D eigenvalue weighted by molar-refractivity contribution is 0.0691. The van der Waals surface area contributed by atoms with Crippen molar-refractivity contribution in [2.75, 3.05) is 26.2 Å². The van der Waals surface area contributed by atoms with Gasteiger partial charge in [-0.05, 0) is 57.0 Å². The molecule has 0 amide bonds. The number of carboxylic acids is 1. The van der Waals surface area contributed by atoms with Crippen LogP contribution in [-0.4, -0.2) is 42.2 Å². The van der Waals surface area contributed by atoms with Gasteiger partial charge < -0.3 is 14.7 Å². The summed E-state index contributed by atoms with van der Waals surface area (Å²) in [4.78, 5) is 13.7. The molecule has 1 N–H and O–H groups in total. The Bertz CT molecular complexity index is 484. The third-order valence-corrected chi connectivity index (χ3v) is 3.99. The van der Waals surface area contributed by atoms with Gasteiger partial charge in [0.05, 0.1) is 6.61 Å². The van der Waals surface area contributed by atoms with Gasteiger partial charge >= 0.3 is 5.97 Å². The molecule has 0 spiro atoms. The number of hydrogen-bond acceptors (Lipinski definition) is 3. The highest BCUT2D eigenvalue weighted by Crippen LogP contribution is 2.28. The minimum Gasteiger partial charge on any atom is -0.492 e. The van der Waals surface area contributed by atoms with Gasteiger partial charge in [-0.3, -0.25) is 0 Å². The van der Waals surface area contributed by atoms with Crippen molar-refractivity contribution < 1.29 is 14.6 Å². The van der Waals surface area contributed by atoms with Crippen LogP contribution in [0, 0.1) is 6.92 Å². The SMILES string of the molecule is Cc1cc(Br)cc(C(=O)O)c1OCCCN1CCCC1. The minimum absolute atomic E-state index is 0.220. The number of ether oxygens (including phenoxy) is 1. The number of hydrogen-bond donors (Lipinski definition) is 1. The van der Waals surface area contributed by atoms with Gasteiger partial charge in [0, 0.05) is 11.0 Å². The van der Waals surface area contributed by atoms with E-state index in [0.717, 1.165) is 23.0 Å². The van der Waals surface area contributed by atoms with Crippen LogP contribution in [-0.2, 0) is 0 Å². The molecule has 0 bridgehead atoms. The molecule has 0 atom stereocenters. The summed E-state index contributed by atoms with van der Waals surface area (Å²) in [5.74, 6) is -0.467. The minimum atomic E-state index is -0.955. The number of aryl methyl sites for hydroxylation is 1.